The largest absolute Gasteiger partial charge is 0.496 e. The molecule has 1 aromatic rings. The predicted octanol–water partition coefficient (Wildman–Crippen LogP) is 1.79. The first-order valence-corrected chi connectivity index (χ1v) is 5.90. The smallest absolute Gasteiger partial charge is 0.123 e. The number of hydrogen-bond donors (Lipinski definition) is 1. The summed E-state index contributed by atoms with van der Waals surface area (Å²) in [4.78, 5) is 2.42. The van der Waals surface area contributed by atoms with Crippen molar-refractivity contribution in [3.8, 4) is 5.75 Å². The SMILES string of the molecule is CCN1CCC(N)C1c1ccccc1OC. The second-order valence-electron chi connectivity index (χ2n) is 4.27. The van der Waals surface area contributed by atoms with Crippen LogP contribution in [-0.4, -0.2) is 31.1 Å². The lowest BCUT2D eigenvalue weighted by molar-refractivity contribution is 0.254. The van der Waals surface area contributed by atoms with Crippen molar-refractivity contribution < 1.29 is 4.74 Å². The molecule has 3 heteroatoms. The molecular formula is C13H20N2O. The number of hydrogen-bond acceptors (Lipinski definition) is 3. The van der Waals surface area contributed by atoms with Gasteiger partial charge in [0.25, 0.3) is 0 Å². The molecule has 1 aliphatic rings. The van der Waals surface area contributed by atoms with Crippen molar-refractivity contribution in [1.82, 2.24) is 4.90 Å². The number of rotatable bonds is 3. The molecule has 1 saturated heterocycles. The fraction of sp³-hybridized carbons (Fsp3) is 0.538. The van der Waals surface area contributed by atoms with Crippen molar-refractivity contribution in [3.05, 3.63) is 29.8 Å². The lowest BCUT2D eigenvalue weighted by Crippen LogP contribution is -2.31. The Bertz CT molecular complexity index is 354. The molecule has 2 N–H and O–H groups in total. The van der Waals surface area contributed by atoms with Gasteiger partial charge in [0.05, 0.1) is 13.2 Å². The lowest BCUT2D eigenvalue weighted by atomic mass is 10.00. The van der Waals surface area contributed by atoms with Crippen molar-refractivity contribution in [2.45, 2.75) is 25.4 Å². The Morgan fingerprint density at radius 3 is 2.88 bits per heavy atom. The van der Waals surface area contributed by atoms with E-state index in [9.17, 15) is 0 Å². The molecule has 16 heavy (non-hydrogen) atoms. The van der Waals surface area contributed by atoms with Crippen LogP contribution in [0, 0.1) is 0 Å². The molecule has 3 nitrogen and oxygen atoms in total. The maximum absolute atomic E-state index is 6.20. The van der Waals surface area contributed by atoms with E-state index in [4.69, 9.17) is 10.5 Å². The Balaban J connectivity index is 2.34. The molecule has 1 aliphatic heterocycles. The summed E-state index contributed by atoms with van der Waals surface area (Å²) < 4.78 is 5.42. The zero-order valence-corrected chi connectivity index (χ0v) is 10.0. The summed E-state index contributed by atoms with van der Waals surface area (Å²) in [6, 6.07) is 8.71. The van der Waals surface area contributed by atoms with Gasteiger partial charge in [0.1, 0.15) is 5.75 Å². The molecule has 0 bridgehead atoms. The highest BCUT2D eigenvalue weighted by atomic mass is 16.5. The Hall–Kier alpha value is -1.06. The molecule has 0 amide bonds. The Morgan fingerprint density at radius 2 is 2.19 bits per heavy atom. The van der Waals surface area contributed by atoms with Crippen LogP contribution in [0.3, 0.4) is 0 Å². The summed E-state index contributed by atoms with van der Waals surface area (Å²) in [5, 5.41) is 0. The van der Waals surface area contributed by atoms with Gasteiger partial charge in [0.2, 0.25) is 0 Å². The van der Waals surface area contributed by atoms with E-state index in [0.29, 0.717) is 6.04 Å². The van der Waals surface area contributed by atoms with Crippen LogP contribution in [0.1, 0.15) is 24.9 Å². The van der Waals surface area contributed by atoms with Gasteiger partial charge >= 0.3 is 0 Å². The summed E-state index contributed by atoms with van der Waals surface area (Å²) in [6.45, 7) is 4.30. The summed E-state index contributed by atoms with van der Waals surface area (Å²) >= 11 is 0. The van der Waals surface area contributed by atoms with Gasteiger partial charge in [-0.1, -0.05) is 25.1 Å². The fourth-order valence-corrected chi connectivity index (χ4v) is 2.58. The fourth-order valence-electron chi connectivity index (χ4n) is 2.58. The monoisotopic (exact) mass is 220 g/mol. The van der Waals surface area contributed by atoms with Gasteiger partial charge in [-0.2, -0.15) is 0 Å². The second kappa shape index (κ2) is 4.85. The average Bonchev–Trinajstić information content (AvgIpc) is 2.70. The Kier molecular flexibility index (Phi) is 3.46. The standard InChI is InChI=1S/C13H20N2O/c1-3-15-9-8-11(14)13(15)10-6-4-5-7-12(10)16-2/h4-7,11,13H,3,8-9,14H2,1-2H3. The molecule has 1 heterocycles. The van der Waals surface area contributed by atoms with Gasteiger partial charge in [-0.05, 0) is 19.0 Å². The van der Waals surface area contributed by atoms with Crippen LogP contribution < -0.4 is 10.5 Å². The molecule has 88 valence electrons. The van der Waals surface area contributed by atoms with E-state index in [1.54, 1.807) is 7.11 Å². The van der Waals surface area contributed by atoms with Crippen LogP contribution in [0.5, 0.6) is 5.75 Å². The number of nitrogens with zero attached hydrogens (tertiary/aromatic N) is 1. The quantitative estimate of drug-likeness (QED) is 0.844. The summed E-state index contributed by atoms with van der Waals surface area (Å²) in [6.07, 6.45) is 1.07. The number of para-hydroxylation sites is 1. The molecule has 2 atom stereocenters. The van der Waals surface area contributed by atoms with E-state index < -0.39 is 0 Å². The number of likely N-dealkylation sites (tertiary alicyclic amines) is 1. The number of benzene rings is 1. The highest BCUT2D eigenvalue weighted by Gasteiger charge is 2.33. The van der Waals surface area contributed by atoms with Crippen LogP contribution in [0.15, 0.2) is 24.3 Å². The first kappa shape index (κ1) is 11.4. The average molecular weight is 220 g/mol. The molecule has 2 unspecified atom stereocenters. The first-order valence-electron chi connectivity index (χ1n) is 5.90. The zero-order valence-electron chi connectivity index (χ0n) is 10.0. The molecule has 0 radical (unpaired) electrons. The van der Waals surface area contributed by atoms with E-state index in [1.807, 2.05) is 12.1 Å². The van der Waals surface area contributed by atoms with Crippen LogP contribution in [-0.2, 0) is 0 Å². The van der Waals surface area contributed by atoms with Crippen molar-refractivity contribution in [2.24, 2.45) is 5.73 Å². The van der Waals surface area contributed by atoms with Crippen LogP contribution in [0.25, 0.3) is 0 Å². The summed E-state index contributed by atoms with van der Waals surface area (Å²) in [5.74, 6) is 0.948. The van der Waals surface area contributed by atoms with Crippen molar-refractivity contribution >= 4 is 0 Å². The van der Waals surface area contributed by atoms with E-state index >= 15 is 0 Å². The lowest BCUT2D eigenvalue weighted by Gasteiger charge is -2.27. The van der Waals surface area contributed by atoms with Gasteiger partial charge in [-0.25, -0.2) is 0 Å². The molecule has 2 rings (SSSR count). The Labute approximate surface area is 97.2 Å². The molecule has 0 spiro atoms. The van der Waals surface area contributed by atoms with E-state index in [-0.39, 0.29) is 6.04 Å². The third-order valence-electron chi connectivity index (χ3n) is 3.41. The summed E-state index contributed by atoms with van der Waals surface area (Å²) in [5.41, 5.74) is 7.42. The maximum Gasteiger partial charge on any atom is 0.123 e. The maximum atomic E-state index is 6.20. The number of nitrogens with two attached hydrogens (primary N) is 1. The van der Waals surface area contributed by atoms with E-state index in [0.717, 1.165) is 25.3 Å². The van der Waals surface area contributed by atoms with E-state index in [2.05, 4.69) is 24.0 Å². The molecule has 1 aromatic carbocycles. The minimum absolute atomic E-state index is 0.219. The topological polar surface area (TPSA) is 38.5 Å². The number of methoxy groups -OCH3 is 1. The highest BCUT2D eigenvalue weighted by molar-refractivity contribution is 5.37. The third kappa shape index (κ3) is 1.93. The zero-order chi connectivity index (χ0) is 11.5. The summed E-state index contributed by atoms with van der Waals surface area (Å²) in [7, 11) is 1.72. The van der Waals surface area contributed by atoms with Crippen LogP contribution in [0.2, 0.25) is 0 Å². The van der Waals surface area contributed by atoms with Crippen molar-refractivity contribution in [1.29, 1.82) is 0 Å². The predicted molar refractivity (Wildman–Crippen MR) is 65.6 cm³/mol. The second-order valence-corrected chi connectivity index (χ2v) is 4.27. The highest BCUT2D eigenvalue weighted by Crippen LogP contribution is 2.35. The molecule has 0 aromatic heterocycles. The van der Waals surface area contributed by atoms with Gasteiger partial charge in [0.15, 0.2) is 0 Å². The minimum Gasteiger partial charge on any atom is -0.496 e. The van der Waals surface area contributed by atoms with Crippen molar-refractivity contribution in [2.75, 3.05) is 20.2 Å². The van der Waals surface area contributed by atoms with Crippen LogP contribution >= 0.6 is 0 Å². The van der Waals surface area contributed by atoms with Gasteiger partial charge in [-0.15, -0.1) is 0 Å². The van der Waals surface area contributed by atoms with Crippen LogP contribution in [0.4, 0.5) is 0 Å². The normalized spacial score (nSPS) is 25.9. The number of likely N-dealkylation sites (N-methyl/N-ethyl adjacent to an activating group) is 1. The Morgan fingerprint density at radius 1 is 1.44 bits per heavy atom. The first-order chi connectivity index (χ1) is 7.77. The molecular weight excluding hydrogens is 200 g/mol. The molecule has 0 aliphatic carbocycles. The molecule has 0 saturated carbocycles. The van der Waals surface area contributed by atoms with E-state index in [1.165, 1.54) is 5.56 Å². The number of ether oxygens (including phenoxy) is 1. The van der Waals surface area contributed by atoms with Gasteiger partial charge in [0, 0.05) is 18.2 Å². The van der Waals surface area contributed by atoms with Gasteiger partial charge < -0.3 is 10.5 Å². The molecule has 1 fully saturated rings. The van der Waals surface area contributed by atoms with Crippen molar-refractivity contribution in [3.63, 3.8) is 0 Å². The third-order valence-corrected chi connectivity index (χ3v) is 3.41. The minimum atomic E-state index is 0.219. The van der Waals surface area contributed by atoms with Gasteiger partial charge in [-0.3, -0.25) is 4.90 Å².